The van der Waals surface area contributed by atoms with Crippen molar-refractivity contribution in [2.45, 2.75) is 52.1 Å². The Morgan fingerprint density at radius 3 is 2.47 bits per heavy atom. The number of rotatable bonds is 1. The molecule has 0 aliphatic heterocycles. The van der Waals surface area contributed by atoms with Crippen molar-refractivity contribution in [2.75, 3.05) is 6.61 Å². The molecule has 2 fully saturated rings. The van der Waals surface area contributed by atoms with Gasteiger partial charge in [0, 0.05) is 5.41 Å². The predicted molar refractivity (Wildman–Crippen MR) is 67.5 cm³/mol. The quantitative estimate of drug-likeness (QED) is 0.687. The molecule has 2 heteroatoms. The molecule has 2 nitrogen and oxygen atoms in total. The van der Waals surface area contributed by atoms with Crippen LogP contribution in [0.3, 0.4) is 0 Å². The van der Waals surface area contributed by atoms with Gasteiger partial charge < -0.3 is 10.2 Å². The first-order valence-corrected chi connectivity index (χ1v) is 6.87. The van der Waals surface area contributed by atoms with Gasteiger partial charge in [-0.3, -0.25) is 0 Å². The van der Waals surface area contributed by atoms with Gasteiger partial charge in [-0.1, -0.05) is 26.8 Å². The van der Waals surface area contributed by atoms with Crippen LogP contribution in [0.15, 0.2) is 11.6 Å². The summed E-state index contributed by atoms with van der Waals surface area (Å²) in [6.45, 7) is 6.92. The molecule has 0 heterocycles. The Labute approximate surface area is 104 Å². The molecular formula is C15H24O2. The summed E-state index contributed by atoms with van der Waals surface area (Å²) in [5.74, 6) is 1.17. The summed E-state index contributed by atoms with van der Waals surface area (Å²) in [4.78, 5) is 0. The van der Waals surface area contributed by atoms with E-state index in [1.54, 1.807) is 0 Å². The molecule has 17 heavy (non-hydrogen) atoms. The van der Waals surface area contributed by atoms with Gasteiger partial charge >= 0.3 is 0 Å². The Hall–Kier alpha value is -0.340. The van der Waals surface area contributed by atoms with Crippen LogP contribution in [-0.4, -0.2) is 22.4 Å². The van der Waals surface area contributed by atoms with Gasteiger partial charge in [-0.05, 0) is 48.5 Å². The van der Waals surface area contributed by atoms with Gasteiger partial charge in [-0.25, -0.2) is 0 Å². The molecular weight excluding hydrogens is 212 g/mol. The van der Waals surface area contributed by atoms with Crippen LogP contribution in [0, 0.1) is 22.7 Å². The van der Waals surface area contributed by atoms with Gasteiger partial charge in [0.25, 0.3) is 0 Å². The van der Waals surface area contributed by atoms with Crippen LogP contribution >= 0.6 is 0 Å². The second kappa shape index (κ2) is 3.16. The van der Waals surface area contributed by atoms with Gasteiger partial charge in [-0.15, -0.1) is 0 Å². The topological polar surface area (TPSA) is 40.5 Å². The Kier molecular flexibility index (Phi) is 2.18. The van der Waals surface area contributed by atoms with E-state index in [0.717, 1.165) is 18.4 Å². The fourth-order valence-corrected chi connectivity index (χ4v) is 4.84. The summed E-state index contributed by atoms with van der Waals surface area (Å²) >= 11 is 0. The van der Waals surface area contributed by atoms with Gasteiger partial charge in [0.15, 0.2) is 0 Å². The van der Waals surface area contributed by atoms with Crippen molar-refractivity contribution < 1.29 is 10.2 Å². The lowest BCUT2D eigenvalue weighted by Crippen LogP contribution is -2.63. The van der Waals surface area contributed by atoms with Crippen molar-refractivity contribution in [3.8, 4) is 0 Å². The zero-order valence-electron chi connectivity index (χ0n) is 11.2. The minimum absolute atomic E-state index is 0.0122. The highest BCUT2D eigenvalue weighted by Crippen LogP contribution is 2.67. The lowest BCUT2D eigenvalue weighted by Gasteiger charge is -2.62. The number of aliphatic hydroxyl groups is 2. The van der Waals surface area contributed by atoms with Crippen molar-refractivity contribution in [3.05, 3.63) is 11.6 Å². The molecule has 0 radical (unpaired) electrons. The van der Waals surface area contributed by atoms with Crippen molar-refractivity contribution in [1.29, 1.82) is 0 Å². The van der Waals surface area contributed by atoms with Crippen molar-refractivity contribution in [1.82, 2.24) is 0 Å². The average molecular weight is 236 g/mol. The summed E-state index contributed by atoms with van der Waals surface area (Å²) in [6, 6.07) is 0. The van der Waals surface area contributed by atoms with Crippen molar-refractivity contribution >= 4 is 0 Å². The summed E-state index contributed by atoms with van der Waals surface area (Å²) in [5.41, 5.74) is 0.586. The summed E-state index contributed by atoms with van der Waals surface area (Å²) in [6.07, 6.45) is 6.55. The standard InChI is InChI=1S/C15H24O2/c1-13(2)7-10-6-11(9-16)15(17)5-4-14(15,3)12(10)8-13/h6,10,12,16-17H,4-5,7-9H2,1-3H3/t10-,12+,14-,15-/m1/s1. The molecule has 3 aliphatic carbocycles. The molecule has 96 valence electrons. The van der Waals surface area contributed by atoms with Gasteiger partial charge in [-0.2, -0.15) is 0 Å². The van der Waals surface area contributed by atoms with E-state index in [1.807, 2.05) is 0 Å². The molecule has 2 saturated carbocycles. The fourth-order valence-electron chi connectivity index (χ4n) is 4.84. The highest BCUT2D eigenvalue weighted by Gasteiger charge is 2.65. The first-order chi connectivity index (χ1) is 7.82. The predicted octanol–water partition coefficient (Wildman–Crippen LogP) is 2.50. The first-order valence-electron chi connectivity index (χ1n) is 6.87. The van der Waals surface area contributed by atoms with Crippen molar-refractivity contribution in [3.63, 3.8) is 0 Å². The summed E-state index contributed by atoms with van der Waals surface area (Å²) in [5, 5.41) is 20.4. The zero-order valence-corrected chi connectivity index (χ0v) is 11.2. The maximum absolute atomic E-state index is 10.8. The minimum atomic E-state index is -0.705. The Bertz CT molecular complexity index is 384. The van der Waals surface area contributed by atoms with Crippen LogP contribution in [0.1, 0.15) is 46.5 Å². The smallest absolute Gasteiger partial charge is 0.0935 e. The number of hydrogen-bond donors (Lipinski definition) is 2. The van der Waals surface area contributed by atoms with Crippen LogP contribution < -0.4 is 0 Å². The van der Waals surface area contributed by atoms with E-state index < -0.39 is 5.60 Å². The number of aliphatic hydroxyl groups excluding tert-OH is 1. The van der Waals surface area contributed by atoms with Crippen LogP contribution in [0.4, 0.5) is 0 Å². The lowest BCUT2D eigenvalue weighted by molar-refractivity contribution is -0.176. The molecule has 0 amide bonds. The first kappa shape index (κ1) is 11.7. The van der Waals surface area contributed by atoms with Crippen LogP contribution in [0.5, 0.6) is 0 Å². The van der Waals surface area contributed by atoms with E-state index in [4.69, 9.17) is 0 Å². The molecule has 0 unspecified atom stereocenters. The highest BCUT2D eigenvalue weighted by atomic mass is 16.3. The Balaban J connectivity index is 2.04. The van der Waals surface area contributed by atoms with E-state index >= 15 is 0 Å². The Morgan fingerprint density at radius 1 is 1.24 bits per heavy atom. The van der Waals surface area contributed by atoms with Crippen LogP contribution in [0.2, 0.25) is 0 Å². The summed E-state index contributed by atoms with van der Waals surface area (Å²) in [7, 11) is 0. The van der Waals surface area contributed by atoms with E-state index in [9.17, 15) is 10.2 Å². The van der Waals surface area contributed by atoms with E-state index in [-0.39, 0.29) is 12.0 Å². The molecule has 0 aromatic heterocycles. The van der Waals surface area contributed by atoms with E-state index in [0.29, 0.717) is 17.3 Å². The highest BCUT2D eigenvalue weighted by molar-refractivity contribution is 5.34. The molecule has 3 rings (SSSR count). The van der Waals surface area contributed by atoms with Gasteiger partial charge in [0.1, 0.15) is 0 Å². The zero-order chi connectivity index (χ0) is 12.5. The van der Waals surface area contributed by atoms with Crippen LogP contribution in [0.25, 0.3) is 0 Å². The molecule has 0 saturated heterocycles. The maximum atomic E-state index is 10.8. The second-order valence-electron chi connectivity index (χ2n) is 7.47. The van der Waals surface area contributed by atoms with Crippen LogP contribution in [-0.2, 0) is 0 Å². The van der Waals surface area contributed by atoms with E-state index in [1.165, 1.54) is 12.8 Å². The normalized spacial score (nSPS) is 51.2. The summed E-state index contributed by atoms with van der Waals surface area (Å²) < 4.78 is 0. The maximum Gasteiger partial charge on any atom is 0.0935 e. The Morgan fingerprint density at radius 2 is 1.94 bits per heavy atom. The second-order valence-corrected chi connectivity index (χ2v) is 7.47. The average Bonchev–Trinajstić information content (AvgIpc) is 2.56. The third-order valence-corrected chi connectivity index (χ3v) is 5.96. The molecule has 0 bridgehead atoms. The van der Waals surface area contributed by atoms with Gasteiger partial charge in [0.05, 0.1) is 12.2 Å². The molecule has 3 aliphatic rings. The molecule has 0 aromatic rings. The monoisotopic (exact) mass is 236 g/mol. The number of allylic oxidation sites excluding steroid dienone is 1. The van der Waals surface area contributed by atoms with Gasteiger partial charge in [0.2, 0.25) is 0 Å². The molecule has 0 aromatic carbocycles. The largest absolute Gasteiger partial charge is 0.392 e. The number of fused-ring (bicyclic) bond motifs is 3. The molecule has 4 atom stereocenters. The lowest BCUT2D eigenvalue weighted by atomic mass is 9.45. The third-order valence-electron chi connectivity index (χ3n) is 5.96. The number of hydrogen-bond acceptors (Lipinski definition) is 2. The SMILES string of the molecule is CC1(C)C[C@H]2C=C(CO)[C@]3(O)CC[C@]3(C)[C@H]2C1. The third kappa shape index (κ3) is 1.29. The molecule has 2 N–H and O–H groups in total. The van der Waals surface area contributed by atoms with E-state index in [2.05, 4.69) is 26.8 Å². The fraction of sp³-hybridized carbons (Fsp3) is 0.867. The molecule has 0 spiro atoms. The van der Waals surface area contributed by atoms with Crippen molar-refractivity contribution in [2.24, 2.45) is 22.7 Å². The minimum Gasteiger partial charge on any atom is -0.392 e.